The zero-order valence-electron chi connectivity index (χ0n) is 20.0. The van der Waals surface area contributed by atoms with Crippen molar-refractivity contribution in [2.45, 2.75) is 42.1 Å². The van der Waals surface area contributed by atoms with E-state index in [2.05, 4.69) is 25.6 Å². The standard InChI is InChI=1S/C24H22N6O7S/c1-24(2)16(23(36)37)30-21(35)15(22(30)38-24)28-18(32)13(10-5-7-11(31)8-6-10)27-19(33)14-20(34)29-17-12(26-14)4-3-9-25-17/h3-9,13,15-16,22,31H,1-2H3,(H,27,33)(H,28,32)(H,36,37)(H,25,29,34)/t13?,15?,16-,22+/m0/s1. The summed E-state index contributed by atoms with van der Waals surface area (Å²) in [6, 6.07) is 5.15. The normalized spacial score (nSPS) is 22.3. The van der Waals surface area contributed by atoms with Crippen LogP contribution in [0.4, 0.5) is 0 Å². The molecule has 3 aromatic rings. The Morgan fingerprint density at radius 2 is 1.87 bits per heavy atom. The first kappa shape index (κ1) is 25.2. The number of phenols is 1. The van der Waals surface area contributed by atoms with Crippen molar-refractivity contribution in [3.63, 3.8) is 0 Å². The number of aromatic nitrogens is 3. The van der Waals surface area contributed by atoms with Crippen LogP contribution in [0, 0.1) is 0 Å². The number of rotatable bonds is 6. The highest BCUT2D eigenvalue weighted by molar-refractivity contribution is 8.01. The molecule has 3 amide bonds. The first-order valence-corrected chi connectivity index (χ1v) is 12.3. The van der Waals surface area contributed by atoms with Crippen LogP contribution in [-0.4, -0.2) is 76.0 Å². The third-order valence-electron chi connectivity index (χ3n) is 6.42. The molecule has 2 unspecified atom stereocenters. The molecule has 1 aromatic carbocycles. The van der Waals surface area contributed by atoms with Crippen LogP contribution < -0.4 is 16.2 Å². The lowest BCUT2D eigenvalue weighted by atomic mass is 9.95. The number of H-pyrrole nitrogens is 1. The van der Waals surface area contributed by atoms with Gasteiger partial charge in [-0.2, -0.15) is 0 Å². The number of carbonyl (C=O) groups is 4. The van der Waals surface area contributed by atoms with Gasteiger partial charge in [-0.1, -0.05) is 12.1 Å². The Morgan fingerprint density at radius 1 is 1.16 bits per heavy atom. The Labute approximate surface area is 218 Å². The molecule has 14 heteroatoms. The smallest absolute Gasteiger partial charge is 0.327 e. The van der Waals surface area contributed by atoms with E-state index in [9.17, 15) is 34.2 Å². The average Bonchev–Trinajstić information content (AvgIpc) is 3.13. The largest absolute Gasteiger partial charge is 0.508 e. The van der Waals surface area contributed by atoms with Crippen molar-refractivity contribution in [2.24, 2.45) is 0 Å². The van der Waals surface area contributed by atoms with Gasteiger partial charge in [0, 0.05) is 10.9 Å². The van der Waals surface area contributed by atoms with Crippen LogP contribution in [-0.2, 0) is 14.4 Å². The van der Waals surface area contributed by atoms with E-state index in [4.69, 9.17) is 0 Å². The van der Waals surface area contributed by atoms with E-state index in [0.29, 0.717) is 0 Å². The number of aromatic amines is 1. The van der Waals surface area contributed by atoms with Crippen molar-refractivity contribution < 1.29 is 29.4 Å². The number of nitrogens with one attached hydrogen (secondary N) is 3. The molecule has 2 aromatic heterocycles. The Balaban J connectivity index is 1.41. The monoisotopic (exact) mass is 538 g/mol. The summed E-state index contributed by atoms with van der Waals surface area (Å²) >= 11 is 1.26. The zero-order chi connectivity index (χ0) is 27.4. The molecule has 196 valence electrons. The Bertz CT molecular complexity index is 1540. The SMILES string of the molecule is CC1(C)S[C@@H]2C(NC(=O)C(NC(=O)c3nc4cccnc4[nH]c3=O)c3ccc(O)cc3)C(=O)N2[C@H]1C(=O)O. The minimum atomic E-state index is -1.37. The van der Waals surface area contributed by atoms with E-state index in [-0.39, 0.29) is 22.5 Å². The number of carboxylic acids is 1. The lowest BCUT2D eigenvalue weighted by molar-refractivity contribution is -0.161. The van der Waals surface area contributed by atoms with Gasteiger partial charge in [-0.25, -0.2) is 14.8 Å². The van der Waals surface area contributed by atoms with E-state index in [1.807, 2.05) is 0 Å². The topological polar surface area (TPSA) is 195 Å². The van der Waals surface area contributed by atoms with Crippen LogP contribution in [0.2, 0.25) is 0 Å². The average molecular weight is 539 g/mol. The third kappa shape index (κ3) is 4.22. The molecular formula is C24H22N6O7S. The van der Waals surface area contributed by atoms with Crippen molar-refractivity contribution in [1.82, 2.24) is 30.5 Å². The highest BCUT2D eigenvalue weighted by Gasteiger charge is 2.64. The minimum Gasteiger partial charge on any atom is -0.508 e. The fourth-order valence-corrected chi connectivity index (χ4v) is 6.25. The maximum Gasteiger partial charge on any atom is 0.327 e. The van der Waals surface area contributed by atoms with Crippen molar-refractivity contribution in [3.8, 4) is 5.75 Å². The predicted octanol–water partition coefficient (Wildman–Crippen LogP) is 0.126. The van der Waals surface area contributed by atoms with Crippen LogP contribution in [0.1, 0.15) is 35.9 Å². The molecule has 4 heterocycles. The number of carboxylic acid groups (broad SMARTS) is 1. The molecule has 2 fully saturated rings. The zero-order valence-corrected chi connectivity index (χ0v) is 20.9. The summed E-state index contributed by atoms with van der Waals surface area (Å²) in [5.41, 5.74) is -0.597. The number of aromatic hydroxyl groups is 1. The molecular weight excluding hydrogens is 516 g/mol. The van der Waals surface area contributed by atoms with E-state index in [0.717, 1.165) is 0 Å². The summed E-state index contributed by atoms with van der Waals surface area (Å²) in [5.74, 6) is -3.48. The van der Waals surface area contributed by atoms with Crippen LogP contribution in [0.3, 0.4) is 0 Å². The van der Waals surface area contributed by atoms with Crippen molar-refractivity contribution in [2.75, 3.05) is 0 Å². The number of β-lactam (4-membered cyclic amide) rings is 1. The molecule has 38 heavy (non-hydrogen) atoms. The fraction of sp³-hybridized carbons (Fsp3) is 0.292. The molecule has 2 aliphatic heterocycles. The number of hydrogen-bond donors (Lipinski definition) is 5. The van der Waals surface area contributed by atoms with E-state index in [1.165, 1.54) is 47.1 Å². The Morgan fingerprint density at radius 3 is 2.55 bits per heavy atom. The number of aliphatic carboxylic acids is 1. The second-order valence-electron chi connectivity index (χ2n) is 9.37. The predicted molar refractivity (Wildman–Crippen MR) is 134 cm³/mol. The molecule has 13 nitrogen and oxygen atoms in total. The molecule has 5 N–H and O–H groups in total. The van der Waals surface area contributed by atoms with Crippen LogP contribution in [0.25, 0.3) is 11.2 Å². The number of fused-ring (bicyclic) bond motifs is 2. The van der Waals surface area contributed by atoms with Gasteiger partial charge in [0.2, 0.25) is 11.8 Å². The molecule has 5 rings (SSSR count). The molecule has 4 atom stereocenters. The summed E-state index contributed by atoms with van der Waals surface area (Å²) in [6.45, 7) is 3.42. The molecule has 0 bridgehead atoms. The number of benzene rings is 1. The van der Waals surface area contributed by atoms with Gasteiger partial charge in [-0.3, -0.25) is 19.2 Å². The number of carbonyl (C=O) groups excluding carboxylic acids is 3. The van der Waals surface area contributed by atoms with Crippen molar-refractivity contribution >= 4 is 46.6 Å². The van der Waals surface area contributed by atoms with Crippen LogP contribution >= 0.6 is 11.8 Å². The van der Waals surface area contributed by atoms with Gasteiger partial charge < -0.3 is 30.7 Å². The minimum absolute atomic E-state index is 0.0755. The van der Waals surface area contributed by atoms with Crippen molar-refractivity contribution in [1.29, 1.82) is 0 Å². The number of nitrogens with zero attached hydrogens (tertiary/aromatic N) is 3. The van der Waals surface area contributed by atoms with E-state index in [1.54, 1.807) is 26.0 Å². The molecule has 2 aliphatic rings. The maximum absolute atomic E-state index is 13.4. The number of thioether (sulfide) groups is 1. The van der Waals surface area contributed by atoms with Gasteiger partial charge in [0.1, 0.15) is 34.8 Å². The molecule has 0 aliphatic carbocycles. The lowest BCUT2D eigenvalue weighted by Gasteiger charge is -2.44. The van der Waals surface area contributed by atoms with Crippen molar-refractivity contribution in [3.05, 3.63) is 64.2 Å². The van der Waals surface area contributed by atoms with E-state index >= 15 is 0 Å². The Hall–Kier alpha value is -4.46. The van der Waals surface area contributed by atoms with Gasteiger partial charge in [0.25, 0.3) is 11.5 Å². The summed E-state index contributed by atoms with van der Waals surface area (Å²) < 4.78 is -0.784. The van der Waals surface area contributed by atoms with Crippen LogP contribution in [0.15, 0.2) is 47.4 Å². The molecule has 0 spiro atoms. The molecule has 0 saturated carbocycles. The second kappa shape index (κ2) is 9.13. The second-order valence-corrected chi connectivity index (χ2v) is 11.1. The third-order valence-corrected chi connectivity index (χ3v) is 7.99. The molecule has 2 saturated heterocycles. The summed E-state index contributed by atoms with van der Waals surface area (Å²) in [6.07, 6.45) is 1.45. The number of phenolic OH excluding ortho intramolecular Hbond substituents is 1. The highest BCUT2D eigenvalue weighted by Crippen LogP contribution is 2.50. The Kier molecular flexibility index (Phi) is 6.06. The van der Waals surface area contributed by atoms with Gasteiger partial charge in [-0.05, 0) is 43.7 Å². The highest BCUT2D eigenvalue weighted by atomic mass is 32.2. The number of pyridine rings is 1. The maximum atomic E-state index is 13.4. The van der Waals surface area contributed by atoms with Gasteiger partial charge in [-0.15, -0.1) is 11.8 Å². The number of amides is 3. The van der Waals surface area contributed by atoms with E-state index < -0.39 is 63.2 Å². The van der Waals surface area contributed by atoms with Crippen LogP contribution in [0.5, 0.6) is 5.75 Å². The first-order chi connectivity index (χ1) is 18.0. The molecule has 0 radical (unpaired) electrons. The quantitative estimate of drug-likeness (QED) is 0.269. The lowest BCUT2D eigenvalue weighted by Crippen LogP contribution is -2.71. The first-order valence-electron chi connectivity index (χ1n) is 11.5. The van der Waals surface area contributed by atoms with Gasteiger partial charge in [0.15, 0.2) is 11.3 Å². The summed E-state index contributed by atoms with van der Waals surface area (Å²) in [5, 5.41) is 23.8. The summed E-state index contributed by atoms with van der Waals surface area (Å²) in [4.78, 5) is 75.4. The summed E-state index contributed by atoms with van der Waals surface area (Å²) in [7, 11) is 0. The number of hydrogen-bond acceptors (Lipinski definition) is 9. The van der Waals surface area contributed by atoms with Gasteiger partial charge >= 0.3 is 5.97 Å². The fourth-order valence-electron chi connectivity index (χ4n) is 4.62. The van der Waals surface area contributed by atoms with Gasteiger partial charge in [0.05, 0.1) is 0 Å².